The van der Waals surface area contributed by atoms with Crippen LogP contribution in [0, 0.1) is 11.8 Å². The Labute approximate surface area is 137 Å². The Hall–Kier alpha value is -1.66. The first-order chi connectivity index (χ1) is 11.2. The summed E-state index contributed by atoms with van der Waals surface area (Å²) in [5.41, 5.74) is 6.75. The van der Waals surface area contributed by atoms with E-state index in [4.69, 9.17) is 15.2 Å². The minimum atomic E-state index is 0.0463. The van der Waals surface area contributed by atoms with E-state index in [0.717, 1.165) is 32.4 Å². The highest BCUT2D eigenvalue weighted by Gasteiger charge is 2.42. The van der Waals surface area contributed by atoms with Crippen LogP contribution in [-0.2, 0) is 4.74 Å². The lowest BCUT2D eigenvalue weighted by atomic mass is 9.98. The van der Waals surface area contributed by atoms with Crippen LogP contribution in [0.1, 0.15) is 29.6 Å². The SMILES string of the molecule is COCCCOc1ccc(C(=O)N2CC3CCC(N)C3C2)cn1. The molecule has 0 radical (unpaired) electrons. The summed E-state index contributed by atoms with van der Waals surface area (Å²) in [7, 11) is 1.66. The van der Waals surface area contributed by atoms with Crippen molar-refractivity contribution in [2.45, 2.75) is 25.3 Å². The van der Waals surface area contributed by atoms with Crippen molar-refractivity contribution in [2.75, 3.05) is 33.4 Å². The van der Waals surface area contributed by atoms with Gasteiger partial charge in [0.15, 0.2) is 0 Å². The standard InChI is InChI=1S/C17H25N3O3/c1-22-7-2-8-23-16-6-4-12(9-19-16)17(21)20-10-13-3-5-15(18)14(13)11-20/h4,6,9,13-15H,2-3,5,7-8,10-11,18H2,1H3. The Bertz CT molecular complexity index is 534. The van der Waals surface area contributed by atoms with Crippen molar-refractivity contribution < 1.29 is 14.3 Å². The van der Waals surface area contributed by atoms with E-state index < -0.39 is 0 Å². The lowest BCUT2D eigenvalue weighted by Gasteiger charge is -2.18. The fourth-order valence-electron chi connectivity index (χ4n) is 3.63. The molecule has 2 fully saturated rings. The first kappa shape index (κ1) is 16.2. The third kappa shape index (κ3) is 3.64. The molecule has 1 aliphatic carbocycles. The van der Waals surface area contributed by atoms with Crippen molar-refractivity contribution in [3.8, 4) is 5.88 Å². The highest BCUT2D eigenvalue weighted by molar-refractivity contribution is 5.94. The second kappa shape index (κ2) is 7.27. The molecule has 23 heavy (non-hydrogen) atoms. The second-order valence-electron chi connectivity index (χ2n) is 6.46. The lowest BCUT2D eigenvalue weighted by Crippen LogP contribution is -2.33. The predicted molar refractivity (Wildman–Crippen MR) is 86.3 cm³/mol. The Morgan fingerprint density at radius 1 is 1.35 bits per heavy atom. The third-order valence-electron chi connectivity index (χ3n) is 4.93. The van der Waals surface area contributed by atoms with Gasteiger partial charge < -0.3 is 20.1 Å². The van der Waals surface area contributed by atoms with Crippen LogP contribution in [-0.4, -0.2) is 55.2 Å². The van der Waals surface area contributed by atoms with Crippen LogP contribution < -0.4 is 10.5 Å². The van der Waals surface area contributed by atoms with Crippen molar-refractivity contribution in [1.29, 1.82) is 0 Å². The lowest BCUT2D eigenvalue weighted by molar-refractivity contribution is 0.0779. The van der Waals surface area contributed by atoms with Crippen molar-refractivity contribution in [2.24, 2.45) is 17.6 Å². The molecule has 1 aromatic rings. The summed E-state index contributed by atoms with van der Waals surface area (Å²) in [6.07, 6.45) is 4.65. The van der Waals surface area contributed by atoms with E-state index in [-0.39, 0.29) is 11.9 Å². The van der Waals surface area contributed by atoms with Crippen LogP contribution in [0.15, 0.2) is 18.3 Å². The maximum absolute atomic E-state index is 12.6. The molecule has 0 aromatic carbocycles. The Morgan fingerprint density at radius 3 is 2.91 bits per heavy atom. The van der Waals surface area contributed by atoms with Crippen molar-refractivity contribution in [1.82, 2.24) is 9.88 Å². The van der Waals surface area contributed by atoms with Gasteiger partial charge in [0.25, 0.3) is 5.91 Å². The van der Waals surface area contributed by atoms with Crippen LogP contribution in [0.5, 0.6) is 5.88 Å². The maximum atomic E-state index is 12.6. The average molecular weight is 319 g/mol. The molecule has 2 N–H and O–H groups in total. The second-order valence-corrected chi connectivity index (χ2v) is 6.46. The largest absolute Gasteiger partial charge is 0.478 e. The zero-order valence-corrected chi connectivity index (χ0v) is 13.6. The zero-order chi connectivity index (χ0) is 16.2. The van der Waals surface area contributed by atoms with Gasteiger partial charge in [-0.25, -0.2) is 4.98 Å². The molecule has 3 unspecified atom stereocenters. The van der Waals surface area contributed by atoms with Crippen molar-refractivity contribution in [3.05, 3.63) is 23.9 Å². The number of amides is 1. The van der Waals surface area contributed by atoms with Gasteiger partial charge in [-0.15, -0.1) is 0 Å². The fourth-order valence-corrected chi connectivity index (χ4v) is 3.63. The quantitative estimate of drug-likeness (QED) is 0.800. The average Bonchev–Trinajstić information content (AvgIpc) is 3.14. The van der Waals surface area contributed by atoms with E-state index in [1.165, 1.54) is 0 Å². The number of fused-ring (bicyclic) bond motifs is 1. The van der Waals surface area contributed by atoms with Gasteiger partial charge in [-0.1, -0.05) is 0 Å². The number of methoxy groups -OCH3 is 1. The van der Waals surface area contributed by atoms with E-state index in [1.54, 1.807) is 25.4 Å². The molecule has 6 nitrogen and oxygen atoms in total. The fraction of sp³-hybridized carbons (Fsp3) is 0.647. The smallest absolute Gasteiger partial charge is 0.255 e. The summed E-state index contributed by atoms with van der Waals surface area (Å²) >= 11 is 0. The minimum absolute atomic E-state index is 0.0463. The molecule has 0 bridgehead atoms. The summed E-state index contributed by atoms with van der Waals surface area (Å²) in [6.45, 7) is 2.82. The van der Waals surface area contributed by atoms with Gasteiger partial charge in [-0.05, 0) is 30.7 Å². The van der Waals surface area contributed by atoms with Crippen LogP contribution in [0.3, 0.4) is 0 Å². The number of pyridine rings is 1. The number of rotatable bonds is 6. The number of carbonyl (C=O) groups is 1. The van der Waals surface area contributed by atoms with Crippen molar-refractivity contribution >= 4 is 5.91 Å². The topological polar surface area (TPSA) is 77.7 Å². The maximum Gasteiger partial charge on any atom is 0.255 e. The molecule has 3 atom stereocenters. The molecule has 1 saturated heterocycles. The van der Waals surface area contributed by atoms with E-state index in [9.17, 15) is 4.79 Å². The molecule has 1 aliphatic heterocycles. The van der Waals surface area contributed by atoms with Crippen LogP contribution in [0.2, 0.25) is 0 Å². The van der Waals surface area contributed by atoms with Crippen LogP contribution in [0.25, 0.3) is 0 Å². The number of aromatic nitrogens is 1. The number of carbonyl (C=O) groups excluding carboxylic acids is 1. The molecule has 6 heteroatoms. The van der Waals surface area contributed by atoms with Crippen LogP contribution >= 0.6 is 0 Å². The number of nitrogens with two attached hydrogens (primary N) is 1. The van der Waals surface area contributed by atoms with Gasteiger partial charge in [0.2, 0.25) is 5.88 Å². The molecule has 1 aromatic heterocycles. The normalized spacial score (nSPS) is 26.3. The monoisotopic (exact) mass is 319 g/mol. The van der Waals surface area contributed by atoms with Gasteiger partial charge in [0.05, 0.1) is 12.2 Å². The molecule has 1 amide bonds. The Morgan fingerprint density at radius 2 is 2.22 bits per heavy atom. The van der Waals surface area contributed by atoms with Gasteiger partial charge in [0.1, 0.15) is 0 Å². The first-order valence-corrected chi connectivity index (χ1v) is 8.31. The van der Waals surface area contributed by atoms with Gasteiger partial charge in [-0.3, -0.25) is 4.79 Å². The first-order valence-electron chi connectivity index (χ1n) is 8.31. The summed E-state index contributed by atoms with van der Waals surface area (Å²) in [6, 6.07) is 3.79. The molecule has 126 valence electrons. The molecule has 2 aliphatic rings. The van der Waals surface area contributed by atoms with Gasteiger partial charge >= 0.3 is 0 Å². The summed E-state index contributed by atoms with van der Waals surface area (Å²) in [4.78, 5) is 18.7. The Kier molecular flexibility index (Phi) is 5.13. The highest BCUT2D eigenvalue weighted by Crippen LogP contribution is 2.37. The molecular weight excluding hydrogens is 294 g/mol. The summed E-state index contributed by atoms with van der Waals surface area (Å²) in [5, 5.41) is 0. The Balaban J connectivity index is 1.54. The predicted octanol–water partition coefficient (Wildman–Crippen LogP) is 1.31. The summed E-state index contributed by atoms with van der Waals surface area (Å²) in [5.74, 6) is 1.63. The number of hydrogen-bond acceptors (Lipinski definition) is 5. The van der Waals surface area contributed by atoms with Gasteiger partial charge in [0, 0.05) is 51.5 Å². The van der Waals surface area contributed by atoms with E-state index in [2.05, 4.69) is 4.98 Å². The number of ether oxygens (including phenoxy) is 2. The number of likely N-dealkylation sites (tertiary alicyclic amines) is 1. The number of nitrogens with zero attached hydrogens (tertiary/aromatic N) is 2. The third-order valence-corrected chi connectivity index (χ3v) is 4.93. The summed E-state index contributed by atoms with van der Waals surface area (Å²) < 4.78 is 10.5. The zero-order valence-electron chi connectivity index (χ0n) is 13.6. The molecule has 2 heterocycles. The molecule has 0 spiro atoms. The van der Waals surface area contributed by atoms with Crippen molar-refractivity contribution in [3.63, 3.8) is 0 Å². The molecule has 3 rings (SSSR count). The van der Waals surface area contributed by atoms with E-state index in [0.29, 0.717) is 36.5 Å². The van der Waals surface area contributed by atoms with Crippen LogP contribution in [0.4, 0.5) is 0 Å². The highest BCUT2D eigenvalue weighted by atomic mass is 16.5. The van der Waals surface area contributed by atoms with E-state index in [1.807, 2.05) is 4.90 Å². The molecule has 1 saturated carbocycles. The molecular formula is C17H25N3O3. The number of hydrogen-bond donors (Lipinski definition) is 1. The van der Waals surface area contributed by atoms with Gasteiger partial charge in [-0.2, -0.15) is 0 Å². The van der Waals surface area contributed by atoms with E-state index >= 15 is 0 Å². The minimum Gasteiger partial charge on any atom is -0.478 e.